The van der Waals surface area contributed by atoms with E-state index in [1.165, 1.54) is 4.80 Å². The lowest BCUT2D eigenvalue weighted by molar-refractivity contribution is -0.115. The van der Waals surface area contributed by atoms with E-state index in [1.807, 2.05) is 19.3 Å². The molecular weight excluding hydrogens is 294 g/mol. The highest BCUT2D eigenvalue weighted by Gasteiger charge is 2.15. The van der Waals surface area contributed by atoms with Gasteiger partial charge in [0.2, 0.25) is 0 Å². The third-order valence-electron chi connectivity index (χ3n) is 2.41. The van der Waals surface area contributed by atoms with Crippen LogP contribution in [0.4, 0.5) is 0 Å². The van der Waals surface area contributed by atoms with Gasteiger partial charge in [-0.1, -0.05) is 6.58 Å². The molecule has 0 saturated heterocycles. The van der Waals surface area contributed by atoms with E-state index in [1.54, 1.807) is 17.6 Å². The monoisotopic (exact) mass is 307 g/mol. The average Bonchev–Trinajstić information content (AvgIpc) is 3.06. The molecule has 110 valence electrons. The third-order valence-corrected chi connectivity index (χ3v) is 2.99. The van der Waals surface area contributed by atoms with E-state index in [2.05, 4.69) is 31.4 Å². The lowest BCUT2D eigenvalue weighted by atomic mass is 10.3. The van der Waals surface area contributed by atoms with Crippen LogP contribution in [0.5, 0.6) is 0 Å². The van der Waals surface area contributed by atoms with Crippen molar-refractivity contribution < 1.29 is 9.59 Å². The molecular formula is C11H13N7O2S. The van der Waals surface area contributed by atoms with Gasteiger partial charge in [0.15, 0.2) is 5.82 Å². The van der Waals surface area contributed by atoms with Gasteiger partial charge in [-0.2, -0.15) is 0 Å². The molecule has 0 radical (unpaired) electrons. The van der Waals surface area contributed by atoms with Crippen LogP contribution < -0.4 is 9.44 Å². The Balaban J connectivity index is 1.95. The van der Waals surface area contributed by atoms with E-state index in [-0.39, 0.29) is 11.7 Å². The van der Waals surface area contributed by atoms with Crippen LogP contribution in [0.25, 0.3) is 5.82 Å². The first kappa shape index (κ1) is 14.8. The first-order chi connectivity index (χ1) is 9.99. The Bertz CT molecular complexity index is 690. The first-order valence-electron chi connectivity index (χ1n) is 5.83. The van der Waals surface area contributed by atoms with Crippen LogP contribution >= 0.6 is 12.1 Å². The fraction of sp³-hybridized carbons (Fsp3) is 0.182. The Morgan fingerprint density at radius 2 is 2.14 bits per heavy atom. The molecule has 2 N–H and O–H groups in total. The smallest absolute Gasteiger partial charge is 0.304 e. The number of hydrogen-bond acceptors (Lipinski definition) is 6. The van der Waals surface area contributed by atoms with Crippen molar-refractivity contribution in [3.8, 4) is 5.82 Å². The van der Waals surface area contributed by atoms with Gasteiger partial charge < -0.3 is 4.57 Å². The molecule has 2 aromatic heterocycles. The third kappa shape index (κ3) is 3.48. The van der Waals surface area contributed by atoms with E-state index in [9.17, 15) is 9.59 Å². The highest BCUT2D eigenvalue weighted by molar-refractivity contribution is 7.96. The second-order valence-electron chi connectivity index (χ2n) is 4.12. The Hall–Kier alpha value is -2.62. The van der Waals surface area contributed by atoms with Crippen molar-refractivity contribution in [2.24, 2.45) is 7.05 Å². The fourth-order valence-corrected chi connectivity index (χ4v) is 1.82. The lowest BCUT2D eigenvalue weighted by Gasteiger charge is -2.02. The summed E-state index contributed by atoms with van der Waals surface area (Å²) in [6.07, 6.45) is 1.82. The molecule has 0 aromatic carbocycles. The van der Waals surface area contributed by atoms with Gasteiger partial charge in [-0.3, -0.25) is 19.0 Å². The summed E-state index contributed by atoms with van der Waals surface area (Å²) in [5, 5.41) is 11.4. The number of carbonyl (C=O) groups is 2. The number of rotatable bonds is 5. The van der Waals surface area contributed by atoms with Gasteiger partial charge >= 0.3 is 5.91 Å². The van der Waals surface area contributed by atoms with Gasteiger partial charge in [-0.25, -0.2) is 0 Å². The Labute approximate surface area is 124 Å². The molecule has 9 nitrogen and oxygen atoms in total. The summed E-state index contributed by atoms with van der Waals surface area (Å²) >= 11 is 0.720. The van der Waals surface area contributed by atoms with Crippen molar-refractivity contribution in [3.63, 3.8) is 0 Å². The van der Waals surface area contributed by atoms with Crippen molar-refractivity contribution in [2.75, 3.05) is 0 Å². The highest BCUT2D eigenvalue weighted by Crippen LogP contribution is 2.04. The first-order valence-corrected chi connectivity index (χ1v) is 6.64. The SMILES string of the molecule is C=C(C)C(=O)NSNC(=O)c1nnn(-c2cccn2C)n1. The van der Waals surface area contributed by atoms with Crippen molar-refractivity contribution in [1.29, 1.82) is 0 Å². The zero-order chi connectivity index (χ0) is 15.4. The molecule has 0 atom stereocenters. The van der Waals surface area contributed by atoms with Crippen LogP contribution in [-0.2, 0) is 11.8 Å². The number of nitrogens with zero attached hydrogens (tertiary/aromatic N) is 5. The minimum Gasteiger partial charge on any atom is -0.335 e. The molecule has 0 aliphatic heterocycles. The number of aromatic nitrogens is 5. The summed E-state index contributed by atoms with van der Waals surface area (Å²) in [5.74, 6) is -0.374. The summed E-state index contributed by atoms with van der Waals surface area (Å²) in [6, 6.07) is 3.60. The van der Waals surface area contributed by atoms with E-state index in [0.29, 0.717) is 11.4 Å². The molecule has 2 amide bonds. The van der Waals surface area contributed by atoms with E-state index in [4.69, 9.17) is 0 Å². The molecule has 0 aliphatic carbocycles. The van der Waals surface area contributed by atoms with Gasteiger partial charge in [0.25, 0.3) is 11.7 Å². The summed E-state index contributed by atoms with van der Waals surface area (Å²) in [7, 11) is 1.82. The Morgan fingerprint density at radius 3 is 2.76 bits per heavy atom. The van der Waals surface area contributed by atoms with Crippen LogP contribution in [0.1, 0.15) is 17.5 Å². The number of hydrogen-bond donors (Lipinski definition) is 2. The topological polar surface area (TPSA) is 107 Å². The van der Waals surface area contributed by atoms with Crippen molar-refractivity contribution >= 4 is 23.9 Å². The number of tetrazole rings is 1. The normalized spacial score (nSPS) is 10.2. The maximum Gasteiger partial charge on any atom is 0.304 e. The summed E-state index contributed by atoms with van der Waals surface area (Å²) < 4.78 is 6.55. The zero-order valence-electron chi connectivity index (χ0n) is 11.4. The van der Waals surface area contributed by atoms with Crippen molar-refractivity contribution in [1.82, 2.24) is 34.2 Å². The molecule has 0 saturated carbocycles. The van der Waals surface area contributed by atoms with E-state index in [0.717, 1.165) is 12.1 Å². The number of amides is 2. The minimum absolute atomic E-state index is 0.103. The molecule has 0 unspecified atom stereocenters. The molecule has 0 fully saturated rings. The standard InChI is InChI=1S/C11H13N7O2S/c1-7(2)10(19)14-21-15-11(20)9-12-16-18(13-9)8-5-4-6-17(8)3/h4-6H,1H2,2-3H3,(H,14,19)(H,15,20). The quantitative estimate of drug-likeness (QED) is 0.594. The van der Waals surface area contributed by atoms with Crippen LogP contribution in [-0.4, -0.2) is 36.6 Å². The predicted molar refractivity (Wildman–Crippen MR) is 76.1 cm³/mol. The molecule has 2 heterocycles. The van der Waals surface area contributed by atoms with Crippen LogP contribution in [0.2, 0.25) is 0 Å². The number of carbonyl (C=O) groups excluding carboxylic acids is 2. The van der Waals surface area contributed by atoms with Gasteiger partial charge in [-0.05, 0) is 24.3 Å². The van der Waals surface area contributed by atoms with Crippen LogP contribution in [0, 0.1) is 0 Å². The zero-order valence-corrected chi connectivity index (χ0v) is 12.2. The maximum atomic E-state index is 11.8. The average molecular weight is 307 g/mol. The number of aryl methyl sites for hydroxylation is 1. The fourth-order valence-electron chi connectivity index (χ4n) is 1.31. The lowest BCUT2D eigenvalue weighted by Crippen LogP contribution is -2.26. The van der Waals surface area contributed by atoms with Crippen LogP contribution in [0.15, 0.2) is 30.5 Å². The van der Waals surface area contributed by atoms with Crippen LogP contribution in [0.3, 0.4) is 0 Å². The van der Waals surface area contributed by atoms with Crippen molar-refractivity contribution in [2.45, 2.75) is 6.92 Å². The molecule has 2 rings (SSSR count). The molecule has 0 bridgehead atoms. The Kier molecular flexibility index (Phi) is 4.38. The van der Waals surface area contributed by atoms with E-state index < -0.39 is 5.91 Å². The second-order valence-corrected chi connectivity index (χ2v) is 4.74. The predicted octanol–water partition coefficient (Wildman–Crippen LogP) is -0.0139. The minimum atomic E-state index is -0.567. The molecule has 0 aliphatic rings. The number of nitrogens with one attached hydrogen (secondary N) is 2. The molecule has 0 spiro atoms. The largest absolute Gasteiger partial charge is 0.335 e. The highest BCUT2D eigenvalue weighted by atomic mass is 32.2. The maximum absolute atomic E-state index is 11.8. The summed E-state index contributed by atoms with van der Waals surface area (Å²) in [5.41, 5.74) is 0.338. The second kappa shape index (κ2) is 6.22. The Morgan fingerprint density at radius 1 is 1.38 bits per heavy atom. The van der Waals surface area contributed by atoms with Gasteiger partial charge in [0.05, 0.1) is 12.1 Å². The summed E-state index contributed by atoms with van der Waals surface area (Å²) in [4.78, 5) is 24.2. The molecule has 2 aromatic rings. The van der Waals surface area contributed by atoms with Gasteiger partial charge in [-0.15, -0.1) is 15.0 Å². The molecule has 21 heavy (non-hydrogen) atoms. The van der Waals surface area contributed by atoms with E-state index >= 15 is 0 Å². The van der Waals surface area contributed by atoms with Gasteiger partial charge in [0.1, 0.15) is 0 Å². The van der Waals surface area contributed by atoms with Crippen molar-refractivity contribution in [3.05, 3.63) is 36.3 Å². The van der Waals surface area contributed by atoms with Gasteiger partial charge in [0, 0.05) is 18.8 Å². The summed E-state index contributed by atoms with van der Waals surface area (Å²) in [6.45, 7) is 5.03. The molecule has 10 heteroatoms.